The van der Waals surface area contributed by atoms with Crippen LogP contribution in [-0.2, 0) is 9.59 Å². The van der Waals surface area contributed by atoms with Crippen molar-refractivity contribution in [3.05, 3.63) is 40.9 Å². The van der Waals surface area contributed by atoms with E-state index in [1.807, 2.05) is 18.2 Å². The quantitative estimate of drug-likeness (QED) is 0.850. The summed E-state index contributed by atoms with van der Waals surface area (Å²) in [6.45, 7) is 3.01. The smallest absolute Gasteiger partial charge is 0.315 e. The van der Waals surface area contributed by atoms with Gasteiger partial charge in [-0.25, -0.2) is 0 Å². The maximum absolute atomic E-state index is 12.4. The van der Waals surface area contributed by atoms with E-state index in [9.17, 15) is 9.59 Å². The molecule has 1 fully saturated rings. The average molecular weight is 344 g/mol. The minimum absolute atomic E-state index is 0.364. The molecule has 1 aliphatic heterocycles. The van der Waals surface area contributed by atoms with Crippen molar-refractivity contribution in [1.29, 1.82) is 0 Å². The molecule has 1 aromatic carbocycles. The number of benzene rings is 1. The zero-order valence-electron chi connectivity index (χ0n) is 13.6. The summed E-state index contributed by atoms with van der Waals surface area (Å²) in [7, 11) is 0. The average Bonchev–Trinajstić information content (AvgIpc) is 2.86. The molecule has 2 heterocycles. The Kier molecular flexibility index (Phi) is 5.20. The van der Waals surface area contributed by atoms with Gasteiger partial charge >= 0.3 is 11.8 Å². The van der Waals surface area contributed by atoms with Crippen molar-refractivity contribution < 1.29 is 9.59 Å². The highest BCUT2D eigenvalue weighted by Gasteiger charge is 2.26. The molecular formula is C17H20N4O2S. The number of hydrogen-bond donors (Lipinski definition) is 1. The summed E-state index contributed by atoms with van der Waals surface area (Å²) < 4.78 is 0. The number of rotatable bonds is 2. The molecule has 0 aliphatic carbocycles. The van der Waals surface area contributed by atoms with E-state index in [2.05, 4.69) is 27.6 Å². The van der Waals surface area contributed by atoms with Crippen molar-refractivity contribution in [3.63, 3.8) is 0 Å². The van der Waals surface area contributed by atoms with Crippen molar-refractivity contribution >= 4 is 28.3 Å². The number of hydrogen-bond acceptors (Lipinski definition) is 5. The first-order valence-electron chi connectivity index (χ1n) is 8.09. The van der Waals surface area contributed by atoms with Crippen LogP contribution in [0.3, 0.4) is 0 Å². The first kappa shape index (κ1) is 16.6. The number of carbonyl (C=O) groups is 2. The Morgan fingerprint density at radius 3 is 2.67 bits per heavy atom. The minimum atomic E-state index is -0.635. The lowest BCUT2D eigenvalue weighted by Gasteiger charge is -2.19. The van der Waals surface area contributed by atoms with Gasteiger partial charge in [-0.15, -0.1) is 10.2 Å². The first-order chi connectivity index (χ1) is 11.6. The predicted molar refractivity (Wildman–Crippen MR) is 92.9 cm³/mol. The lowest BCUT2D eigenvalue weighted by molar-refractivity contribution is -0.143. The van der Waals surface area contributed by atoms with Crippen molar-refractivity contribution in [2.45, 2.75) is 32.1 Å². The molecule has 2 amide bonds. The van der Waals surface area contributed by atoms with Gasteiger partial charge in [0.05, 0.1) is 0 Å². The molecular weight excluding hydrogens is 324 g/mol. The monoisotopic (exact) mass is 344 g/mol. The molecule has 1 atom stereocenters. The van der Waals surface area contributed by atoms with E-state index in [1.54, 1.807) is 11.8 Å². The van der Waals surface area contributed by atoms with Crippen LogP contribution in [0.2, 0.25) is 0 Å². The summed E-state index contributed by atoms with van der Waals surface area (Å²) in [5.41, 5.74) is 1.31. The van der Waals surface area contributed by atoms with Crippen LogP contribution < -0.4 is 5.32 Å². The number of amides is 2. The number of anilines is 1. The van der Waals surface area contributed by atoms with Crippen molar-refractivity contribution in [2.24, 2.45) is 0 Å². The van der Waals surface area contributed by atoms with E-state index >= 15 is 0 Å². The minimum Gasteiger partial charge on any atom is -0.334 e. The Bertz CT molecular complexity index is 716. The fraction of sp³-hybridized carbons (Fsp3) is 0.412. The fourth-order valence-corrected chi connectivity index (χ4v) is 3.59. The zero-order valence-corrected chi connectivity index (χ0v) is 14.4. The summed E-state index contributed by atoms with van der Waals surface area (Å²) >= 11 is 1.26. The first-order valence-corrected chi connectivity index (χ1v) is 8.90. The zero-order chi connectivity index (χ0) is 16.9. The Balaban J connectivity index is 1.59. The molecule has 0 spiro atoms. The summed E-state index contributed by atoms with van der Waals surface area (Å²) in [5.74, 6) is -0.682. The van der Waals surface area contributed by atoms with E-state index in [1.165, 1.54) is 16.9 Å². The molecule has 3 rings (SSSR count). The van der Waals surface area contributed by atoms with Crippen LogP contribution in [0, 0.1) is 6.92 Å². The van der Waals surface area contributed by atoms with Crippen LogP contribution in [0.15, 0.2) is 30.3 Å². The molecule has 0 radical (unpaired) electrons. The highest BCUT2D eigenvalue weighted by molar-refractivity contribution is 7.15. The normalized spacial score (nSPS) is 18.0. The number of aryl methyl sites for hydroxylation is 1. The van der Waals surface area contributed by atoms with E-state index in [4.69, 9.17) is 0 Å². The summed E-state index contributed by atoms with van der Waals surface area (Å²) in [4.78, 5) is 26.1. The lowest BCUT2D eigenvalue weighted by atomic mass is 9.92. The standard InChI is InChI=1S/C17H20N4O2S/c1-12-19-20-17(24-12)18-15(22)16(23)21-10-5-8-14(9-11-21)13-6-3-2-4-7-13/h2-4,6-7,14H,5,8-11H2,1H3,(H,18,20,22). The molecule has 1 unspecified atom stereocenters. The van der Waals surface area contributed by atoms with Crippen LogP contribution in [0.5, 0.6) is 0 Å². The van der Waals surface area contributed by atoms with Crippen LogP contribution in [0.25, 0.3) is 0 Å². The van der Waals surface area contributed by atoms with Gasteiger partial charge in [-0.05, 0) is 37.7 Å². The van der Waals surface area contributed by atoms with Crippen molar-refractivity contribution in [2.75, 3.05) is 18.4 Å². The molecule has 24 heavy (non-hydrogen) atoms. The number of likely N-dealkylation sites (tertiary alicyclic amines) is 1. The maximum atomic E-state index is 12.4. The molecule has 126 valence electrons. The van der Waals surface area contributed by atoms with Crippen LogP contribution in [-0.4, -0.2) is 40.0 Å². The topological polar surface area (TPSA) is 75.2 Å². The van der Waals surface area contributed by atoms with Gasteiger partial charge in [-0.3, -0.25) is 14.9 Å². The fourth-order valence-electron chi connectivity index (χ4n) is 3.00. The van der Waals surface area contributed by atoms with Gasteiger partial charge in [-0.1, -0.05) is 41.7 Å². The molecule has 1 saturated heterocycles. The van der Waals surface area contributed by atoms with Gasteiger partial charge in [0.25, 0.3) is 0 Å². The highest BCUT2D eigenvalue weighted by Crippen LogP contribution is 2.28. The van der Waals surface area contributed by atoms with Gasteiger partial charge in [0, 0.05) is 13.1 Å². The SMILES string of the molecule is Cc1nnc(NC(=O)C(=O)N2CCCC(c3ccccc3)CC2)s1. The van der Waals surface area contributed by atoms with E-state index in [-0.39, 0.29) is 0 Å². The highest BCUT2D eigenvalue weighted by atomic mass is 32.1. The van der Waals surface area contributed by atoms with Crippen LogP contribution in [0.1, 0.15) is 35.8 Å². The second-order valence-electron chi connectivity index (χ2n) is 5.91. The molecule has 1 aromatic heterocycles. The van der Waals surface area contributed by atoms with Crippen molar-refractivity contribution in [1.82, 2.24) is 15.1 Å². The van der Waals surface area contributed by atoms with Crippen LogP contribution in [0.4, 0.5) is 5.13 Å². The molecule has 0 bridgehead atoms. The second-order valence-corrected chi connectivity index (χ2v) is 7.09. The largest absolute Gasteiger partial charge is 0.334 e. The molecule has 0 saturated carbocycles. The number of nitrogens with one attached hydrogen (secondary N) is 1. The maximum Gasteiger partial charge on any atom is 0.315 e. The Hall–Kier alpha value is -2.28. The Labute approximate surface area is 144 Å². The van der Waals surface area contributed by atoms with E-state index in [0.717, 1.165) is 24.3 Å². The molecule has 6 nitrogen and oxygen atoms in total. The summed E-state index contributed by atoms with van der Waals surface area (Å²) in [6.07, 6.45) is 2.81. The van der Waals surface area contributed by atoms with Gasteiger partial charge in [-0.2, -0.15) is 0 Å². The molecule has 1 aliphatic rings. The van der Waals surface area contributed by atoms with Gasteiger partial charge < -0.3 is 4.90 Å². The van der Waals surface area contributed by atoms with Crippen LogP contribution >= 0.6 is 11.3 Å². The predicted octanol–water partition coefficient (Wildman–Crippen LogP) is 2.58. The lowest BCUT2D eigenvalue weighted by Crippen LogP contribution is -2.40. The number of nitrogens with zero attached hydrogens (tertiary/aromatic N) is 3. The second kappa shape index (κ2) is 7.53. The Morgan fingerprint density at radius 1 is 1.17 bits per heavy atom. The number of carbonyl (C=O) groups excluding carboxylic acids is 2. The third-order valence-electron chi connectivity index (χ3n) is 4.23. The molecule has 1 N–H and O–H groups in total. The third-order valence-corrected chi connectivity index (χ3v) is 4.98. The summed E-state index contributed by atoms with van der Waals surface area (Å²) in [6, 6.07) is 10.4. The van der Waals surface area contributed by atoms with E-state index < -0.39 is 11.8 Å². The number of aromatic nitrogens is 2. The third kappa shape index (κ3) is 3.97. The van der Waals surface area contributed by atoms with E-state index in [0.29, 0.717) is 24.1 Å². The van der Waals surface area contributed by atoms with Gasteiger partial charge in [0.1, 0.15) is 5.01 Å². The van der Waals surface area contributed by atoms with Gasteiger partial charge in [0.15, 0.2) is 0 Å². The Morgan fingerprint density at radius 2 is 1.96 bits per heavy atom. The molecule has 2 aromatic rings. The van der Waals surface area contributed by atoms with Gasteiger partial charge in [0.2, 0.25) is 5.13 Å². The summed E-state index contributed by atoms with van der Waals surface area (Å²) in [5, 5.41) is 11.3. The van der Waals surface area contributed by atoms with Crippen molar-refractivity contribution in [3.8, 4) is 0 Å². The molecule has 7 heteroatoms.